The van der Waals surface area contributed by atoms with E-state index in [2.05, 4.69) is 4.72 Å². The van der Waals surface area contributed by atoms with Gasteiger partial charge < -0.3 is 5.73 Å². The first-order valence-corrected chi connectivity index (χ1v) is 8.07. The summed E-state index contributed by atoms with van der Waals surface area (Å²) in [5, 5.41) is 0. The van der Waals surface area contributed by atoms with Gasteiger partial charge >= 0.3 is 0 Å². The van der Waals surface area contributed by atoms with Crippen molar-refractivity contribution < 1.29 is 8.42 Å². The van der Waals surface area contributed by atoms with Crippen molar-refractivity contribution in [3.8, 4) is 0 Å². The van der Waals surface area contributed by atoms with Crippen LogP contribution in [0.5, 0.6) is 0 Å². The van der Waals surface area contributed by atoms with Gasteiger partial charge in [-0.3, -0.25) is 0 Å². The molecule has 0 bridgehead atoms. The van der Waals surface area contributed by atoms with Crippen molar-refractivity contribution in [2.75, 3.05) is 13.1 Å². The zero-order valence-electron chi connectivity index (χ0n) is 11.0. The fourth-order valence-corrected chi connectivity index (χ4v) is 3.32. The summed E-state index contributed by atoms with van der Waals surface area (Å²) < 4.78 is 28.7. The molecule has 1 fully saturated rings. The Morgan fingerprint density at radius 1 is 1.26 bits per heavy atom. The second-order valence-corrected chi connectivity index (χ2v) is 6.56. The van der Waals surface area contributed by atoms with Gasteiger partial charge in [0.25, 0.3) is 10.2 Å². The van der Waals surface area contributed by atoms with Crippen LogP contribution in [0, 0.1) is 0 Å². The molecule has 5 nitrogen and oxygen atoms in total. The third-order valence-corrected chi connectivity index (χ3v) is 4.67. The Bertz CT molecular complexity index is 486. The largest absolute Gasteiger partial charge is 0.330 e. The zero-order valence-corrected chi connectivity index (χ0v) is 11.8. The van der Waals surface area contributed by atoms with Crippen molar-refractivity contribution in [3.63, 3.8) is 0 Å². The lowest BCUT2D eigenvalue weighted by Crippen LogP contribution is -2.42. The van der Waals surface area contributed by atoms with Crippen LogP contribution in [-0.2, 0) is 16.8 Å². The normalized spacial score (nSPS) is 15.9. The van der Waals surface area contributed by atoms with Gasteiger partial charge in [-0.25, -0.2) is 0 Å². The van der Waals surface area contributed by atoms with Crippen LogP contribution in [-0.4, -0.2) is 31.9 Å². The van der Waals surface area contributed by atoms with Crippen LogP contribution in [0.4, 0.5) is 0 Å². The summed E-state index contributed by atoms with van der Waals surface area (Å²) in [5.41, 5.74) is 6.47. The Morgan fingerprint density at radius 3 is 2.53 bits per heavy atom. The van der Waals surface area contributed by atoms with E-state index in [-0.39, 0.29) is 6.04 Å². The molecule has 0 unspecified atom stereocenters. The number of hydrogen-bond acceptors (Lipinski definition) is 3. The first-order chi connectivity index (χ1) is 9.12. The van der Waals surface area contributed by atoms with E-state index in [1.807, 2.05) is 30.3 Å². The van der Waals surface area contributed by atoms with Crippen molar-refractivity contribution >= 4 is 10.2 Å². The van der Waals surface area contributed by atoms with Crippen molar-refractivity contribution in [2.24, 2.45) is 5.73 Å². The molecule has 0 aliphatic heterocycles. The summed E-state index contributed by atoms with van der Waals surface area (Å²) in [7, 11) is -3.40. The molecule has 1 aliphatic rings. The molecule has 19 heavy (non-hydrogen) atoms. The molecule has 0 amide bonds. The Balaban J connectivity index is 2.05. The van der Waals surface area contributed by atoms with Crippen LogP contribution < -0.4 is 10.5 Å². The molecule has 0 heterocycles. The molecule has 2 rings (SSSR count). The Labute approximate surface area is 115 Å². The van der Waals surface area contributed by atoms with Crippen LogP contribution >= 0.6 is 0 Å². The van der Waals surface area contributed by atoms with Gasteiger partial charge in [0.2, 0.25) is 0 Å². The SMILES string of the molecule is NCCCN(Cc1ccccc1)S(=O)(=O)NC1CC1. The number of benzene rings is 1. The van der Waals surface area contributed by atoms with Gasteiger partial charge in [-0.15, -0.1) is 0 Å². The van der Waals surface area contributed by atoms with Gasteiger partial charge in [0.1, 0.15) is 0 Å². The Kier molecular flexibility index (Phi) is 4.93. The summed E-state index contributed by atoms with van der Waals surface area (Å²) in [4.78, 5) is 0. The van der Waals surface area contributed by atoms with Crippen molar-refractivity contribution in [1.29, 1.82) is 0 Å². The quantitative estimate of drug-likeness (QED) is 0.742. The third-order valence-electron chi connectivity index (χ3n) is 3.05. The van der Waals surface area contributed by atoms with E-state index in [1.54, 1.807) is 0 Å². The second kappa shape index (κ2) is 6.47. The monoisotopic (exact) mass is 283 g/mol. The molecule has 0 atom stereocenters. The highest BCUT2D eigenvalue weighted by Gasteiger charge is 2.30. The number of rotatable bonds is 8. The van der Waals surface area contributed by atoms with Crippen molar-refractivity contribution in [2.45, 2.75) is 31.8 Å². The van der Waals surface area contributed by atoms with Gasteiger partial charge in [-0.2, -0.15) is 17.4 Å². The molecular weight excluding hydrogens is 262 g/mol. The van der Waals surface area contributed by atoms with E-state index in [9.17, 15) is 8.42 Å². The minimum absolute atomic E-state index is 0.126. The van der Waals surface area contributed by atoms with Gasteiger partial charge in [-0.1, -0.05) is 30.3 Å². The van der Waals surface area contributed by atoms with E-state index < -0.39 is 10.2 Å². The van der Waals surface area contributed by atoms with E-state index in [1.165, 1.54) is 4.31 Å². The molecule has 1 aromatic carbocycles. The number of nitrogens with zero attached hydrogens (tertiary/aromatic N) is 1. The highest BCUT2D eigenvalue weighted by Crippen LogP contribution is 2.21. The Morgan fingerprint density at radius 2 is 1.95 bits per heavy atom. The predicted molar refractivity (Wildman–Crippen MR) is 75.6 cm³/mol. The highest BCUT2D eigenvalue weighted by molar-refractivity contribution is 7.87. The maximum Gasteiger partial charge on any atom is 0.280 e. The van der Waals surface area contributed by atoms with E-state index in [0.29, 0.717) is 26.1 Å². The molecule has 1 aliphatic carbocycles. The number of nitrogens with one attached hydrogen (secondary N) is 1. The average molecular weight is 283 g/mol. The minimum atomic E-state index is -3.40. The molecule has 3 N–H and O–H groups in total. The van der Waals surface area contributed by atoms with Crippen LogP contribution in [0.1, 0.15) is 24.8 Å². The molecule has 0 saturated heterocycles. The maximum absolute atomic E-state index is 12.3. The summed E-state index contributed by atoms with van der Waals surface area (Å²) in [6.07, 6.45) is 2.54. The molecule has 106 valence electrons. The minimum Gasteiger partial charge on any atom is -0.330 e. The molecular formula is C13H21N3O2S. The first kappa shape index (κ1) is 14.5. The summed E-state index contributed by atoms with van der Waals surface area (Å²) in [6, 6.07) is 9.74. The van der Waals surface area contributed by atoms with E-state index in [0.717, 1.165) is 18.4 Å². The molecule has 1 saturated carbocycles. The van der Waals surface area contributed by atoms with Crippen LogP contribution in [0.15, 0.2) is 30.3 Å². The van der Waals surface area contributed by atoms with Crippen LogP contribution in [0.3, 0.4) is 0 Å². The highest BCUT2D eigenvalue weighted by atomic mass is 32.2. The maximum atomic E-state index is 12.3. The van der Waals surface area contributed by atoms with Gasteiger partial charge in [-0.05, 0) is 31.4 Å². The molecule has 1 aromatic rings. The zero-order chi connectivity index (χ0) is 13.7. The predicted octanol–water partition coefficient (Wildman–Crippen LogP) is 0.834. The summed E-state index contributed by atoms with van der Waals surface area (Å²) in [5.74, 6) is 0. The molecule has 0 aromatic heterocycles. The van der Waals surface area contributed by atoms with Crippen LogP contribution in [0.2, 0.25) is 0 Å². The standard InChI is InChI=1S/C13H21N3O2S/c14-9-4-10-16(11-12-5-2-1-3-6-12)19(17,18)15-13-7-8-13/h1-3,5-6,13,15H,4,7-11,14H2. The van der Waals surface area contributed by atoms with Gasteiger partial charge in [0.05, 0.1) is 0 Å². The lowest BCUT2D eigenvalue weighted by Gasteiger charge is -2.22. The third kappa shape index (κ3) is 4.58. The molecule has 0 spiro atoms. The fraction of sp³-hybridized carbons (Fsp3) is 0.538. The topological polar surface area (TPSA) is 75.4 Å². The van der Waals surface area contributed by atoms with Crippen molar-refractivity contribution in [3.05, 3.63) is 35.9 Å². The lowest BCUT2D eigenvalue weighted by atomic mass is 10.2. The first-order valence-electron chi connectivity index (χ1n) is 6.63. The van der Waals surface area contributed by atoms with E-state index in [4.69, 9.17) is 5.73 Å². The molecule has 0 radical (unpaired) electrons. The smallest absolute Gasteiger partial charge is 0.280 e. The fourth-order valence-electron chi connectivity index (χ4n) is 1.83. The number of hydrogen-bond donors (Lipinski definition) is 2. The molecule has 6 heteroatoms. The number of nitrogens with two attached hydrogens (primary N) is 1. The second-order valence-electron chi connectivity index (χ2n) is 4.86. The van der Waals surface area contributed by atoms with Gasteiger partial charge in [0, 0.05) is 19.1 Å². The van der Waals surface area contributed by atoms with Crippen molar-refractivity contribution in [1.82, 2.24) is 9.03 Å². The van der Waals surface area contributed by atoms with Gasteiger partial charge in [0.15, 0.2) is 0 Å². The summed E-state index contributed by atoms with van der Waals surface area (Å²) >= 11 is 0. The lowest BCUT2D eigenvalue weighted by molar-refractivity contribution is 0.393. The average Bonchev–Trinajstić information content (AvgIpc) is 3.18. The summed E-state index contributed by atoms with van der Waals surface area (Å²) in [6.45, 7) is 1.33. The van der Waals surface area contributed by atoms with E-state index >= 15 is 0 Å². The van der Waals surface area contributed by atoms with Crippen LogP contribution in [0.25, 0.3) is 0 Å². The Hall–Kier alpha value is -0.950.